The summed E-state index contributed by atoms with van der Waals surface area (Å²) in [5, 5.41) is 0. The van der Waals surface area contributed by atoms with Crippen LogP contribution in [0.3, 0.4) is 0 Å². The van der Waals surface area contributed by atoms with Crippen molar-refractivity contribution in [1.82, 2.24) is 0 Å². The van der Waals surface area contributed by atoms with Crippen molar-refractivity contribution in [3.05, 3.63) is 23.3 Å². The standard InChI is InChI=1S/C24H40O5/c1-10-16(3)19-12-11-15(2)13-17(4)22(28-9)18(5)23(26)24(6,7)20(27-8)14-21(25)29-19/h10-11,17-20,22H,12-14H2,1-9H3/b15-11?,16-10+/t17-,18+,19-,20?,22?/m0/s1. The zero-order valence-corrected chi connectivity index (χ0v) is 19.7. The number of allylic oxidation sites excluding steroid dienone is 2. The summed E-state index contributed by atoms with van der Waals surface area (Å²) < 4.78 is 17.2. The van der Waals surface area contributed by atoms with Crippen molar-refractivity contribution in [2.75, 3.05) is 14.2 Å². The average molecular weight is 409 g/mol. The Balaban J connectivity index is 3.37. The fraction of sp³-hybridized carbons (Fsp3) is 0.750. The number of ketones is 1. The third-order valence-corrected chi connectivity index (χ3v) is 6.38. The van der Waals surface area contributed by atoms with Gasteiger partial charge in [-0.2, -0.15) is 0 Å². The molecule has 0 aliphatic carbocycles. The smallest absolute Gasteiger partial charge is 0.309 e. The molecular weight excluding hydrogens is 368 g/mol. The molecular formula is C24H40O5. The minimum atomic E-state index is -0.843. The molecule has 0 aromatic rings. The Morgan fingerprint density at radius 2 is 1.79 bits per heavy atom. The molecule has 0 radical (unpaired) electrons. The minimum absolute atomic E-state index is 0.0331. The fourth-order valence-electron chi connectivity index (χ4n) is 4.34. The molecule has 5 heteroatoms. The quantitative estimate of drug-likeness (QED) is 0.491. The molecule has 0 bridgehead atoms. The van der Waals surface area contributed by atoms with Crippen molar-refractivity contribution in [3.63, 3.8) is 0 Å². The largest absolute Gasteiger partial charge is 0.457 e. The predicted octanol–water partition coefficient (Wildman–Crippen LogP) is 4.89. The van der Waals surface area contributed by atoms with Gasteiger partial charge in [-0.15, -0.1) is 0 Å². The summed E-state index contributed by atoms with van der Waals surface area (Å²) >= 11 is 0. The molecule has 0 saturated heterocycles. The summed E-state index contributed by atoms with van der Waals surface area (Å²) in [6.07, 6.45) is 4.50. The summed E-state index contributed by atoms with van der Waals surface area (Å²) in [6, 6.07) is 0. The molecule has 29 heavy (non-hydrogen) atoms. The SMILES string of the molecule is C/C=C(\C)[C@@H]1CC=C(C)C[C@H](C)C(OC)[C@@H](C)C(=O)C(C)(C)C(OC)CC(=O)O1. The molecule has 0 aromatic heterocycles. The second kappa shape index (κ2) is 11.1. The Hall–Kier alpha value is -1.46. The molecule has 5 atom stereocenters. The molecule has 0 spiro atoms. The van der Waals surface area contributed by atoms with Crippen LogP contribution in [0.15, 0.2) is 23.3 Å². The molecule has 5 nitrogen and oxygen atoms in total. The Bertz CT molecular complexity index is 631. The van der Waals surface area contributed by atoms with Crippen LogP contribution >= 0.6 is 0 Å². The summed E-state index contributed by atoms with van der Waals surface area (Å²) in [6.45, 7) is 13.7. The third-order valence-electron chi connectivity index (χ3n) is 6.38. The van der Waals surface area contributed by atoms with E-state index >= 15 is 0 Å². The van der Waals surface area contributed by atoms with Crippen LogP contribution in [0.1, 0.15) is 67.7 Å². The molecule has 1 heterocycles. The highest BCUT2D eigenvalue weighted by atomic mass is 16.5. The molecule has 0 N–H and O–H groups in total. The predicted molar refractivity (Wildman–Crippen MR) is 116 cm³/mol. The average Bonchev–Trinajstić information content (AvgIpc) is 2.67. The van der Waals surface area contributed by atoms with Crippen molar-refractivity contribution in [2.45, 2.75) is 86.0 Å². The molecule has 0 saturated carbocycles. The van der Waals surface area contributed by atoms with E-state index in [0.29, 0.717) is 6.42 Å². The Morgan fingerprint density at radius 3 is 2.31 bits per heavy atom. The van der Waals surface area contributed by atoms with E-state index < -0.39 is 11.5 Å². The minimum Gasteiger partial charge on any atom is -0.457 e. The van der Waals surface area contributed by atoms with Gasteiger partial charge in [-0.05, 0) is 38.7 Å². The number of hydrogen-bond donors (Lipinski definition) is 0. The maximum absolute atomic E-state index is 13.4. The van der Waals surface area contributed by atoms with Crippen LogP contribution < -0.4 is 0 Å². The highest BCUT2D eigenvalue weighted by Gasteiger charge is 2.43. The van der Waals surface area contributed by atoms with Gasteiger partial charge in [-0.3, -0.25) is 9.59 Å². The van der Waals surface area contributed by atoms with Gasteiger partial charge >= 0.3 is 5.97 Å². The van der Waals surface area contributed by atoms with Gasteiger partial charge in [0.15, 0.2) is 0 Å². The lowest BCUT2D eigenvalue weighted by atomic mass is 9.72. The van der Waals surface area contributed by atoms with Gasteiger partial charge in [-0.25, -0.2) is 0 Å². The first kappa shape index (κ1) is 25.6. The van der Waals surface area contributed by atoms with E-state index in [-0.39, 0.29) is 42.2 Å². The van der Waals surface area contributed by atoms with Crippen LogP contribution in [0.4, 0.5) is 0 Å². The number of cyclic esters (lactones) is 1. The van der Waals surface area contributed by atoms with Gasteiger partial charge in [0.2, 0.25) is 0 Å². The third kappa shape index (κ3) is 6.51. The van der Waals surface area contributed by atoms with E-state index in [0.717, 1.165) is 12.0 Å². The summed E-state index contributed by atoms with van der Waals surface area (Å²) in [7, 11) is 3.20. The number of rotatable bonds is 3. The van der Waals surface area contributed by atoms with Gasteiger partial charge in [0, 0.05) is 26.6 Å². The number of ether oxygens (including phenoxy) is 3. The molecule has 166 valence electrons. The van der Waals surface area contributed by atoms with Crippen molar-refractivity contribution < 1.29 is 23.8 Å². The van der Waals surface area contributed by atoms with E-state index in [1.807, 2.05) is 40.7 Å². The number of hydrogen-bond acceptors (Lipinski definition) is 5. The van der Waals surface area contributed by atoms with Crippen molar-refractivity contribution in [3.8, 4) is 0 Å². The van der Waals surface area contributed by atoms with Gasteiger partial charge in [-0.1, -0.05) is 45.4 Å². The van der Waals surface area contributed by atoms with Crippen LogP contribution in [-0.2, 0) is 23.8 Å². The second-order valence-electron chi connectivity index (χ2n) is 8.98. The lowest BCUT2D eigenvalue weighted by Crippen LogP contribution is -2.47. The van der Waals surface area contributed by atoms with Gasteiger partial charge in [0.1, 0.15) is 11.9 Å². The number of carbonyl (C=O) groups is 2. The second-order valence-corrected chi connectivity index (χ2v) is 8.98. The first-order valence-corrected chi connectivity index (χ1v) is 10.6. The van der Waals surface area contributed by atoms with E-state index in [1.165, 1.54) is 12.7 Å². The Kier molecular flexibility index (Phi) is 9.77. The van der Waals surface area contributed by atoms with Crippen LogP contribution in [-0.4, -0.2) is 44.3 Å². The van der Waals surface area contributed by atoms with E-state index in [4.69, 9.17) is 14.2 Å². The summed E-state index contributed by atoms with van der Waals surface area (Å²) in [5.41, 5.74) is 1.37. The van der Waals surface area contributed by atoms with Crippen molar-refractivity contribution in [2.24, 2.45) is 17.3 Å². The molecule has 0 aromatic carbocycles. The highest BCUT2D eigenvalue weighted by Crippen LogP contribution is 2.34. The molecule has 1 rings (SSSR count). The van der Waals surface area contributed by atoms with E-state index in [9.17, 15) is 9.59 Å². The van der Waals surface area contributed by atoms with E-state index in [2.05, 4.69) is 19.9 Å². The number of carbonyl (C=O) groups excluding carboxylic acids is 2. The monoisotopic (exact) mass is 408 g/mol. The lowest BCUT2D eigenvalue weighted by molar-refractivity contribution is -0.156. The molecule has 0 fully saturated rings. The van der Waals surface area contributed by atoms with Gasteiger partial charge in [0.05, 0.1) is 24.0 Å². The maximum Gasteiger partial charge on any atom is 0.309 e. The molecule has 1 aliphatic heterocycles. The lowest BCUT2D eigenvalue weighted by Gasteiger charge is -2.37. The first-order valence-electron chi connectivity index (χ1n) is 10.6. The first-order chi connectivity index (χ1) is 13.5. The fourth-order valence-corrected chi connectivity index (χ4v) is 4.34. The normalized spacial score (nSPS) is 32.9. The van der Waals surface area contributed by atoms with Crippen LogP contribution in [0, 0.1) is 17.3 Å². The topological polar surface area (TPSA) is 61.8 Å². The van der Waals surface area contributed by atoms with Gasteiger partial charge in [0.25, 0.3) is 0 Å². The van der Waals surface area contributed by atoms with Crippen LogP contribution in [0.25, 0.3) is 0 Å². The molecule has 0 amide bonds. The summed E-state index contributed by atoms with van der Waals surface area (Å²) in [4.78, 5) is 26.1. The zero-order valence-electron chi connectivity index (χ0n) is 19.7. The highest BCUT2D eigenvalue weighted by molar-refractivity contribution is 5.88. The maximum atomic E-state index is 13.4. The number of esters is 1. The number of Topliss-reactive ketones (excluding diaryl/α,β-unsaturated/α-hetero) is 1. The van der Waals surface area contributed by atoms with Crippen molar-refractivity contribution in [1.29, 1.82) is 0 Å². The van der Waals surface area contributed by atoms with Crippen LogP contribution in [0.5, 0.6) is 0 Å². The van der Waals surface area contributed by atoms with Crippen LogP contribution in [0.2, 0.25) is 0 Å². The zero-order chi connectivity index (χ0) is 22.4. The van der Waals surface area contributed by atoms with Gasteiger partial charge < -0.3 is 14.2 Å². The Morgan fingerprint density at radius 1 is 1.17 bits per heavy atom. The Labute approximate surface area is 176 Å². The van der Waals surface area contributed by atoms with Crippen molar-refractivity contribution >= 4 is 11.8 Å². The number of methoxy groups -OCH3 is 2. The molecule has 1 aliphatic rings. The summed E-state index contributed by atoms with van der Waals surface area (Å²) in [5.74, 6) is -0.446. The van der Waals surface area contributed by atoms with E-state index in [1.54, 1.807) is 7.11 Å². The molecule has 2 unspecified atom stereocenters.